The van der Waals surface area contributed by atoms with Gasteiger partial charge in [0.25, 0.3) is 5.91 Å². The number of carbonyl (C=O) groups excluding carboxylic acids is 2. The molecule has 3 aromatic heterocycles. The van der Waals surface area contributed by atoms with E-state index in [-0.39, 0.29) is 24.3 Å². The summed E-state index contributed by atoms with van der Waals surface area (Å²) in [5.74, 6) is 1.18. The molecule has 0 aliphatic heterocycles. The highest BCUT2D eigenvalue weighted by molar-refractivity contribution is 6.02. The maximum Gasteiger partial charge on any atom is 0.251 e. The van der Waals surface area contributed by atoms with Crippen LogP contribution in [0, 0.1) is 6.92 Å². The van der Waals surface area contributed by atoms with Gasteiger partial charge in [0.05, 0.1) is 12.8 Å². The van der Waals surface area contributed by atoms with Gasteiger partial charge in [-0.15, -0.1) is 10.2 Å². The van der Waals surface area contributed by atoms with Crippen molar-refractivity contribution in [1.82, 2.24) is 30.5 Å². The molecule has 0 saturated heterocycles. The van der Waals surface area contributed by atoms with Crippen molar-refractivity contribution in [3.05, 3.63) is 72.2 Å². The van der Waals surface area contributed by atoms with Gasteiger partial charge >= 0.3 is 0 Å². The Hall–Kier alpha value is -4.54. The lowest BCUT2D eigenvalue weighted by atomic mass is 10.0. The van der Waals surface area contributed by atoms with Crippen LogP contribution in [0.1, 0.15) is 43.0 Å². The van der Waals surface area contributed by atoms with Gasteiger partial charge in [0.2, 0.25) is 11.7 Å². The molecule has 3 heterocycles. The van der Waals surface area contributed by atoms with E-state index in [2.05, 4.69) is 25.7 Å². The normalized spacial score (nSPS) is 14.3. The lowest BCUT2D eigenvalue weighted by molar-refractivity contribution is -0.127. The second-order valence-corrected chi connectivity index (χ2v) is 9.16. The van der Waals surface area contributed by atoms with Gasteiger partial charge in [0.15, 0.2) is 5.76 Å². The summed E-state index contributed by atoms with van der Waals surface area (Å²) in [4.78, 5) is 34.6. The number of para-hydroxylation sites is 2. The first-order valence-electron chi connectivity index (χ1n) is 12.5. The summed E-state index contributed by atoms with van der Waals surface area (Å²) in [6.45, 7) is 1.56. The third-order valence-corrected chi connectivity index (χ3v) is 6.53. The van der Waals surface area contributed by atoms with E-state index < -0.39 is 11.9 Å². The number of aryl methyl sites for hydroxylation is 1. The molecule has 0 radical (unpaired) electrons. The topological polar surface area (TPSA) is 128 Å². The second kappa shape index (κ2) is 11.2. The van der Waals surface area contributed by atoms with Gasteiger partial charge in [-0.1, -0.05) is 25.0 Å². The number of amides is 2. The zero-order valence-corrected chi connectivity index (χ0v) is 21.3. The highest BCUT2D eigenvalue weighted by Gasteiger charge is 2.36. The van der Waals surface area contributed by atoms with Crippen LogP contribution in [0.4, 0.5) is 5.69 Å². The Balaban J connectivity index is 1.52. The van der Waals surface area contributed by atoms with E-state index in [0.717, 1.165) is 25.7 Å². The SMILES string of the molecule is COc1ccccc1N(C(=O)Cn1nnc(-c2ccc(C)o2)n1)[C@@H](C(=O)NC1CCCC1)c1ccncc1. The molecule has 196 valence electrons. The number of furan rings is 1. The number of rotatable bonds is 9. The van der Waals surface area contributed by atoms with Crippen molar-refractivity contribution < 1.29 is 18.7 Å². The molecule has 38 heavy (non-hydrogen) atoms. The van der Waals surface area contributed by atoms with Crippen molar-refractivity contribution >= 4 is 17.5 Å². The van der Waals surface area contributed by atoms with E-state index in [1.807, 2.05) is 13.0 Å². The van der Waals surface area contributed by atoms with Crippen molar-refractivity contribution in [1.29, 1.82) is 0 Å². The molecule has 2 amide bonds. The number of nitrogens with zero attached hydrogens (tertiary/aromatic N) is 6. The third kappa shape index (κ3) is 5.41. The molecular weight excluding hydrogens is 486 g/mol. The summed E-state index contributed by atoms with van der Waals surface area (Å²) in [5.41, 5.74) is 1.07. The number of aromatic nitrogens is 5. The van der Waals surface area contributed by atoms with E-state index >= 15 is 0 Å². The fourth-order valence-corrected chi connectivity index (χ4v) is 4.72. The Labute approximate surface area is 219 Å². The first kappa shape index (κ1) is 25.1. The lowest BCUT2D eigenvalue weighted by Gasteiger charge is -2.33. The van der Waals surface area contributed by atoms with Gasteiger partial charge in [0.1, 0.15) is 24.1 Å². The number of ether oxygens (including phenoxy) is 1. The Morgan fingerprint density at radius 3 is 2.61 bits per heavy atom. The van der Waals surface area contributed by atoms with Crippen LogP contribution in [0.25, 0.3) is 11.6 Å². The van der Waals surface area contributed by atoms with Gasteiger partial charge in [0, 0.05) is 18.4 Å². The van der Waals surface area contributed by atoms with Crippen LogP contribution < -0.4 is 15.0 Å². The molecule has 4 aromatic rings. The van der Waals surface area contributed by atoms with Crippen molar-refractivity contribution in [3.8, 4) is 17.3 Å². The molecule has 1 fully saturated rings. The molecular formula is C27H29N7O4. The average Bonchev–Trinajstić information content (AvgIpc) is 3.70. The minimum atomic E-state index is -0.974. The van der Waals surface area contributed by atoms with Crippen LogP contribution >= 0.6 is 0 Å². The number of benzene rings is 1. The number of anilines is 1. The summed E-state index contributed by atoms with van der Waals surface area (Å²) >= 11 is 0. The third-order valence-electron chi connectivity index (χ3n) is 6.53. The number of tetrazole rings is 1. The number of pyridine rings is 1. The van der Waals surface area contributed by atoms with Crippen molar-refractivity contribution in [2.45, 2.75) is 51.2 Å². The number of carbonyl (C=O) groups is 2. The number of hydrogen-bond donors (Lipinski definition) is 1. The van der Waals surface area contributed by atoms with Crippen LogP contribution in [0.5, 0.6) is 5.75 Å². The zero-order valence-electron chi connectivity index (χ0n) is 21.3. The van der Waals surface area contributed by atoms with Crippen LogP contribution in [0.3, 0.4) is 0 Å². The minimum Gasteiger partial charge on any atom is -0.495 e. The molecule has 1 aromatic carbocycles. The van der Waals surface area contributed by atoms with E-state index in [1.54, 1.807) is 54.9 Å². The Morgan fingerprint density at radius 2 is 1.89 bits per heavy atom. The second-order valence-electron chi connectivity index (χ2n) is 9.16. The molecule has 1 N–H and O–H groups in total. The molecule has 0 bridgehead atoms. The smallest absolute Gasteiger partial charge is 0.251 e. The van der Waals surface area contributed by atoms with Crippen LogP contribution in [0.2, 0.25) is 0 Å². The first-order valence-corrected chi connectivity index (χ1v) is 12.5. The predicted octanol–water partition coefficient (Wildman–Crippen LogP) is 3.48. The summed E-state index contributed by atoms with van der Waals surface area (Å²) in [7, 11) is 1.53. The quantitative estimate of drug-likeness (QED) is 0.359. The summed E-state index contributed by atoms with van der Waals surface area (Å²) in [5, 5.41) is 15.6. The first-order chi connectivity index (χ1) is 18.5. The van der Waals surface area contributed by atoms with E-state index in [9.17, 15) is 9.59 Å². The fraction of sp³-hybridized carbons (Fsp3) is 0.333. The summed E-state index contributed by atoms with van der Waals surface area (Å²) in [6, 6.07) is 13.2. The summed E-state index contributed by atoms with van der Waals surface area (Å²) < 4.78 is 11.2. The number of methoxy groups -OCH3 is 1. The van der Waals surface area contributed by atoms with Crippen molar-refractivity contribution in [2.75, 3.05) is 12.0 Å². The highest BCUT2D eigenvalue weighted by Crippen LogP contribution is 2.35. The molecule has 1 aliphatic carbocycles. The monoisotopic (exact) mass is 515 g/mol. The fourth-order valence-electron chi connectivity index (χ4n) is 4.72. The van der Waals surface area contributed by atoms with Crippen molar-refractivity contribution in [3.63, 3.8) is 0 Å². The molecule has 1 saturated carbocycles. The minimum absolute atomic E-state index is 0.0674. The summed E-state index contributed by atoms with van der Waals surface area (Å²) in [6.07, 6.45) is 7.16. The molecule has 0 unspecified atom stereocenters. The molecule has 11 nitrogen and oxygen atoms in total. The zero-order chi connectivity index (χ0) is 26.5. The Kier molecular flexibility index (Phi) is 7.43. The Bertz CT molecular complexity index is 1400. The molecule has 0 spiro atoms. The van der Waals surface area contributed by atoms with Gasteiger partial charge in [-0.3, -0.25) is 19.5 Å². The maximum absolute atomic E-state index is 14.0. The van der Waals surface area contributed by atoms with Crippen LogP contribution in [-0.4, -0.2) is 50.2 Å². The average molecular weight is 516 g/mol. The molecule has 1 aliphatic rings. The van der Waals surface area contributed by atoms with Gasteiger partial charge in [-0.2, -0.15) is 4.80 Å². The maximum atomic E-state index is 14.0. The van der Waals surface area contributed by atoms with Gasteiger partial charge < -0.3 is 14.5 Å². The molecule has 11 heteroatoms. The standard InChI is InChI=1S/C27H29N7O4/c1-18-11-12-23(38-18)26-30-32-33(31-26)17-24(35)34(21-9-5-6-10-22(21)37-2)25(19-13-15-28-16-14-19)27(36)29-20-7-3-4-8-20/h5-6,9-16,20,25H,3-4,7-8,17H2,1-2H3,(H,29,36)/t25-/m1/s1. The molecule has 1 atom stereocenters. The van der Waals surface area contributed by atoms with E-state index in [1.165, 1.54) is 16.8 Å². The molecule has 5 rings (SSSR count). The van der Waals surface area contributed by atoms with Gasteiger partial charge in [-0.05, 0) is 66.9 Å². The Morgan fingerprint density at radius 1 is 1.13 bits per heavy atom. The van der Waals surface area contributed by atoms with E-state index in [4.69, 9.17) is 9.15 Å². The van der Waals surface area contributed by atoms with Crippen molar-refractivity contribution in [2.24, 2.45) is 0 Å². The predicted molar refractivity (Wildman–Crippen MR) is 138 cm³/mol. The number of nitrogens with one attached hydrogen (secondary N) is 1. The van der Waals surface area contributed by atoms with Crippen LogP contribution in [-0.2, 0) is 16.1 Å². The number of hydrogen-bond acceptors (Lipinski definition) is 8. The van der Waals surface area contributed by atoms with Gasteiger partial charge in [-0.25, -0.2) is 0 Å². The lowest BCUT2D eigenvalue weighted by Crippen LogP contribution is -2.47. The van der Waals surface area contributed by atoms with E-state index in [0.29, 0.717) is 28.5 Å². The highest BCUT2D eigenvalue weighted by atomic mass is 16.5. The largest absolute Gasteiger partial charge is 0.495 e. The van der Waals surface area contributed by atoms with Crippen LogP contribution in [0.15, 0.2) is 65.3 Å².